The number of aliphatic carboxylic acids is 1. The highest BCUT2D eigenvalue weighted by atomic mass is 16.5. The number of carboxylic acid groups (broad SMARTS) is 1. The fraction of sp³-hybridized carbons (Fsp3) is 0.579. The molecule has 0 bridgehead atoms. The van der Waals surface area contributed by atoms with Crippen molar-refractivity contribution >= 4 is 11.9 Å². The van der Waals surface area contributed by atoms with E-state index in [1.807, 2.05) is 0 Å². The van der Waals surface area contributed by atoms with Crippen LogP contribution in [0.15, 0.2) is 24.3 Å². The quantitative estimate of drug-likeness (QED) is 0.817. The van der Waals surface area contributed by atoms with E-state index in [2.05, 4.69) is 41.4 Å². The van der Waals surface area contributed by atoms with Gasteiger partial charge in [0.25, 0.3) is 0 Å². The van der Waals surface area contributed by atoms with Crippen LogP contribution in [0.1, 0.15) is 37.3 Å². The molecule has 3 rings (SSSR count). The molecule has 1 amide bonds. The van der Waals surface area contributed by atoms with Crippen LogP contribution in [0, 0.1) is 0 Å². The van der Waals surface area contributed by atoms with Gasteiger partial charge in [0, 0.05) is 25.7 Å². The molecule has 1 aromatic carbocycles. The van der Waals surface area contributed by atoms with E-state index in [1.54, 1.807) is 0 Å². The number of carboxylic acids is 1. The van der Waals surface area contributed by atoms with Crippen LogP contribution in [-0.2, 0) is 27.3 Å². The minimum absolute atomic E-state index is 0.195. The van der Waals surface area contributed by atoms with Crippen molar-refractivity contribution in [3.8, 4) is 0 Å². The van der Waals surface area contributed by atoms with E-state index in [9.17, 15) is 9.59 Å². The van der Waals surface area contributed by atoms with E-state index in [1.165, 1.54) is 11.1 Å². The first-order chi connectivity index (χ1) is 12.1. The molecule has 0 aliphatic carbocycles. The molecule has 1 unspecified atom stereocenters. The highest BCUT2D eigenvalue weighted by molar-refractivity contribution is 5.82. The molecule has 2 aliphatic rings. The van der Waals surface area contributed by atoms with Crippen LogP contribution in [0.2, 0.25) is 0 Å². The average molecular weight is 346 g/mol. The summed E-state index contributed by atoms with van der Waals surface area (Å²) < 4.78 is 5.32. The summed E-state index contributed by atoms with van der Waals surface area (Å²) in [7, 11) is 0. The third kappa shape index (κ3) is 4.19. The zero-order valence-electron chi connectivity index (χ0n) is 14.6. The van der Waals surface area contributed by atoms with Gasteiger partial charge >= 0.3 is 5.97 Å². The molecular weight excluding hydrogens is 320 g/mol. The first kappa shape index (κ1) is 17.9. The average Bonchev–Trinajstić information content (AvgIpc) is 3.12. The lowest BCUT2D eigenvalue weighted by molar-refractivity contribution is -0.151. The second kappa shape index (κ2) is 7.97. The molecule has 1 saturated heterocycles. The highest BCUT2D eigenvalue weighted by Gasteiger charge is 2.35. The fourth-order valence-electron chi connectivity index (χ4n) is 3.70. The summed E-state index contributed by atoms with van der Waals surface area (Å²) in [6.07, 6.45) is 1.36. The number of carbonyl (C=O) groups excluding carboxylic acids is 1. The van der Waals surface area contributed by atoms with Gasteiger partial charge in [-0.15, -0.1) is 0 Å². The van der Waals surface area contributed by atoms with Crippen molar-refractivity contribution in [2.24, 2.45) is 0 Å². The number of hydrogen-bond acceptors (Lipinski definition) is 4. The fourth-order valence-corrected chi connectivity index (χ4v) is 3.70. The van der Waals surface area contributed by atoms with Gasteiger partial charge in [0.15, 0.2) is 6.10 Å². The van der Waals surface area contributed by atoms with Gasteiger partial charge in [-0.3, -0.25) is 9.69 Å². The van der Waals surface area contributed by atoms with Gasteiger partial charge in [-0.25, -0.2) is 4.79 Å². The summed E-state index contributed by atoms with van der Waals surface area (Å²) in [6.45, 7) is 4.59. The summed E-state index contributed by atoms with van der Waals surface area (Å²) >= 11 is 0. The summed E-state index contributed by atoms with van der Waals surface area (Å²) in [5.74, 6) is -1.19. The molecule has 0 aromatic heterocycles. The molecule has 0 spiro atoms. The van der Waals surface area contributed by atoms with Crippen molar-refractivity contribution in [2.45, 2.75) is 57.4 Å². The van der Waals surface area contributed by atoms with Crippen LogP contribution < -0.4 is 5.32 Å². The lowest BCUT2D eigenvalue weighted by Crippen LogP contribution is -2.47. The molecule has 25 heavy (non-hydrogen) atoms. The maximum Gasteiger partial charge on any atom is 0.332 e. The zero-order valence-corrected chi connectivity index (χ0v) is 14.6. The molecule has 136 valence electrons. The Hall–Kier alpha value is -1.92. The number of benzene rings is 1. The Morgan fingerprint density at radius 2 is 2.00 bits per heavy atom. The first-order valence-electron chi connectivity index (χ1n) is 9.05. The van der Waals surface area contributed by atoms with E-state index in [-0.39, 0.29) is 11.9 Å². The molecule has 2 heterocycles. The second-order valence-corrected chi connectivity index (χ2v) is 6.83. The van der Waals surface area contributed by atoms with Crippen LogP contribution in [-0.4, -0.2) is 53.2 Å². The predicted octanol–water partition coefficient (Wildman–Crippen LogP) is 1.57. The van der Waals surface area contributed by atoms with E-state index < -0.39 is 18.2 Å². The van der Waals surface area contributed by atoms with Crippen molar-refractivity contribution in [2.75, 3.05) is 13.1 Å². The summed E-state index contributed by atoms with van der Waals surface area (Å²) in [5.41, 5.74) is 2.78. The monoisotopic (exact) mass is 346 g/mol. The maximum atomic E-state index is 12.3. The van der Waals surface area contributed by atoms with Crippen LogP contribution >= 0.6 is 0 Å². The molecule has 1 fully saturated rings. The van der Waals surface area contributed by atoms with Crippen molar-refractivity contribution in [3.05, 3.63) is 35.4 Å². The van der Waals surface area contributed by atoms with Gasteiger partial charge in [0.1, 0.15) is 6.10 Å². The van der Waals surface area contributed by atoms with Gasteiger partial charge in [-0.05, 0) is 36.8 Å². The van der Waals surface area contributed by atoms with Crippen LogP contribution in [0.3, 0.4) is 0 Å². The summed E-state index contributed by atoms with van der Waals surface area (Å²) in [5, 5.41) is 11.9. The molecule has 2 N–H and O–H groups in total. The molecule has 6 heteroatoms. The van der Waals surface area contributed by atoms with Crippen molar-refractivity contribution in [3.63, 3.8) is 0 Å². The number of carbonyl (C=O) groups is 2. The number of rotatable bonds is 6. The van der Waals surface area contributed by atoms with E-state index >= 15 is 0 Å². The largest absolute Gasteiger partial charge is 0.479 e. The number of fused-ring (bicyclic) bond motifs is 1. The molecule has 3 atom stereocenters. The molecule has 6 nitrogen and oxygen atoms in total. The third-order valence-corrected chi connectivity index (χ3v) is 5.25. The minimum Gasteiger partial charge on any atom is -0.479 e. The first-order valence-corrected chi connectivity index (χ1v) is 9.05. The summed E-state index contributed by atoms with van der Waals surface area (Å²) in [6, 6.07) is 8.78. The van der Waals surface area contributed by atoms with E-state index in [4.69, 9.17) is 9.84 Å². The number of hydrogen-bond donors (Lipinski definition) is 2. The molecule has 0 radical (unpaired) electrons. The van der Waals surface area contributed by atoms with Crippen LogP contribution in [0.4, 0.5) is 0 Å². The van der Waals surface area contributed by atoms with Gasteiger partial charge < -0.3 is 15.2 Å². The Kier molecular flexibility index (Phi) is 5.71. The van der Waals surface area contributed by atoms with Crippen molar-refractivity contribution in [1.82, 2.24) is 10.2 Å². The summed E-state index contributed by atoms with van der Waals surface area (Å²) in [4.78, 5) is 25.6. The molecule has 2 aliphatic heterocycles. The highest BCUT2D eigenvalue weighted by Crippen LogP contribution is 2.22. The topological polar surface area (TPSA) is 78.9 Å². The standard InChI is InChI=1S/C19H26N2O4/c1-2-15(21-10-9-13-5-3-4-6-14(13)12-21)11-20-18(22)16-7-8-17(25-16)19(23)24/h3-6,15-17H,2,7-12H2,1H3,(H,20,22)(H,23,24)/t15?,16-,17+/m0/s1. The van der Waals surface area contributed by atoms with Gasteiger partial charge in [-0.1, -0.05) is 31.2 Å². The normalized spacial score (nSPS) is 24.5. The Labute approximate surface area is 148 Å². The Morgan fingerprint density at radius 1 is 1.28 bits per heavy atom. The van der Waals surface area contributed by atoms with E-state index in [0.29, 0.717) is 19.4 Å². The Balaban J connectivity index is 1.51. The zero-order chi connectivity index (χ0) is 17.8. The van der Waals surface area contributed by atoms with Crippen LogP contribution in [0.5, 0.6) is 0 Å². The van der Waals surface area contributed by atoms with E-state index in [0.717, 1.165) is 25.9 Å². The molecule has 1 aromatic rings. The lowest BCUT2D eigenvalue weighted by Gasteiger charge is -2.35. The number of amides is 1. The predicted molar refractivity (Wildman–Crippen MR) is 93.2 cm³/mol. The number of ether oxygens (including phenoxy) is 1. The molecular formula is C19H26N2O4. The van der Waals surface area contributed by atoms with Crippen molar-refractivity contribution in [1.29, 1.82) is 0 Å². The Morgan fingerprint density at radius 3 is 2.68 bits per heavy atom. The molecule has 0 saturated carbocycles. The number of nitrogens with one attached hydrogen (secondary N) is 1. The maximum absolute atomic E-state index is 12.3. The van der Waals surface area contributed by atoms with Gasteiger partial charge in [0.2, 0.25) is 5.91 Å². The lowest BCUT2D eigenvalue weighted by atomic mass is 9.98. The minimum atomic E-state index is -0.992. The van der Waals surface area contributed by atoms with Gasteiger partial charge in [-0.2, -0.15) is 0 Å². The van der Waals surface area contributed by atoms with Crippen molar-refractivity contribution < 1.29 is 19.4 Å². The Bertz CT molecular complexity index is 634. The smallest absolute Gasteiger partial charge is 0.332 e. The second-order valence-electron chi connectivity index (χ2n) is 6.83. The number of nitrogens with zero attached hydrogens (tertiary/aromatic N) is 1. The third-order valence-electron chi connectivity index (χ3n) is 5.25. The SMILES string of the molecule is CCC(CNC(=O)[C@@H]1CC[C@H](C(=O)O)O1)N1CCc2ccccc2C1. The van der Waals surface area contributed by atoms with Crippen LogP contribution in [0.25, 0.3) is 0 Å². The van der Waals surface area contributed by atoms with Gasteiger partial charge in [0.05, 0.1) is 0 Å².